The fraction of sp³-hybridized carbons (Fsp3) is 0.538. The molecule has 0 saturated heterocycles. The van der Waals surface area contributed by atoms with Crippen LogP contribution in [-0.4, -0.2) is 19.1 Å². The van der Waals surface area contributed by atoms with Crippen molar-refractivity contribution in [3.63, 3.8) is 0 Å². The van der Waals surface area contributed by atoms with Gasteiger partial charge in [-0.1, -0.05) is 12.8 Å². The van der Waals surface area contributed by atoms with Crippen molar-refractivity contribution in [3.8, 4) is 0 Å². The van der Waals surface area contributed by atoms with Crippen molar-refractivity contribution in [2.45, 2.75) is 37.8 Å². The molecular weight excluding hydrogens is 222 g/mol. The summed E-state index contributed by atoms with van der Waals surface area (Å²) in [6.07, 6.45) is 4.19. The lowest BCUT2D eigenvalue weighted by Crippen LogP contribution is -2.48. The molecule has 1 aromatic rings. The first-order valence-electron chi connectivity index (χ1n) is 6.03. The van der Waals surface area contributed by atoms with Gasteiger partial charge in [-0.05, 0) is 25.0 Å². The zero-order valence-electron chi connectivity index (χ0n) is 10.00. The van der Waals surface area contributed by atoms with Crippen molar-refractivity contribution >= 4 is 5.69 Å². The average Bonchev–Trinajstić information content (AvgIpc) is 2.29. The normalized spacial score (nSPS) is 24.7. The first-order chi connectivity index (χ1) is 8.09. The van der Waals surface area contributed by atoms with E-state index < -0.39 is 11.6 Å². The molecule has 0 amide bonds. The second-order valence-corrected chi connectivity index (χ2v) is 4.72. The Labute approximate surface area is 100 Å². The number of nitrogens with zero attached hydrogens (tertiary/aromatic N) is 1. The number of hydrogen-bond acceptors (Lipinski definition) is 2. The number of hydrogen-bond donors (Lipinski definition) is 1. The maximum Gasteiger partial charge on any atom is 0.149 e. The van der Waals surface area contributed by atoms with Crippen LogP contribution in [-0.2, 0) is 0 Å². The third-order valence-corrected chi connectivity index (χ3v) is 3.57. The Bertz CT molecular complexity index is 395. The first-order valence-corrected chi connectivity index (χ1v) is 6.03. The van der Waals surface area contributed by atoms with Gasteiger partial charge in [-0.15, -0.1) is 0 Å². The van der Waals surface area contributed by atoms with Gasteiger partial charge >= 0.3 is 0 Å². The molecule has 1 aliphatic carbocycles. The maximum atomic E-state index is 13.7. The quantitative estimate of drug-likeness (QED) is 0.861. The fourth-order valence-corrected chi connectivity index (χ4v) is 2.57. The summed E-state index contributed by atoms with van der Waals surface area (Å²) in [6.45, 7) is 0. The summed E-state index contributed by atoms with van der Waals surface area (Å²) >= 11 is 0. The molecule has 2 N–H and O–H groups in total. The van der Waals surface area contributed by atoms with Crippen LogP contribution in [0, 0.1) is 11.6 Å². The van der Waals surface area contributed by atoms with Crippen molar-refractivity contribution < 1.29 is 8.78 Å². The van der Waals surface area contributed by atoms with Crippen LogP contribution in [0.15, 0.2) is 18.2 Å². The number of rotatable bonds is 2. The van der Waals surface area contributed by atoms with Crippen LogP contribution in [0.1, 0.15) is 25.7 Å². The van der Waals surface area contributed by atoms with Gasteiger partial charge in [0.15, 0.2) is 0 Å². The summed E-state index contributed by atoms with van der Waals surface area (Å²) in [6, 6.07) is 3.89. The molecule has 0 radical (unpaired) electrons. The minimum absolute atomic E-state index is 0.0678. The molecule has 4 heteroatoms. The highest BCUT2D eigenvalue weighted by atomic mass is 19.1. The van der Waals surface area contributed by atoms with E-state index >= 15 is 0 Å². The molecule has 1 aliphatic rings. The zero-order chi connectivity index (χ0) is 12.4. The van der Waals surface area contributed by atoms with Gasteiger partial charge < -0.3 is 10.6 Å². The Morgan fingerprint density at radius 1 is 1.24 bits per heavy atom. The molecule has 1 fully saturated rings. The minimum Gasteiger partial charge on any atom is -0.368 e. The summed E-state index contributed by atoms with van der Waals surface area (Å²) in [4.78, 5) is 1.85. The fourth-order valence-electron chi connectivity index (χ4n) is 2.57. The molecule has 0 aromatic heterocycles. The highest BCUT2D eigenvalue weighted by Gasteiger charge is 2.26. The second kappa shape index (κ2) is 5.00. The Morgan fingerprint density at radius 2 is 1.94 bits per heavy atom. The van der Waals surface area contributed by atoms with E-state index in [9.17, 15) is 8.78 Å². The van der Waals surface area contributed by atoms with Crippen LogP contribution >= 0.6 is 0 Å². The van der Waals surface area contributed by atoms with E-state index in [1.54, 1.807) is 0 Å². The van der Waals surface area contributed by atoms with Crippen molar-refractivity contribution in [3.05, 3.63) is 29.8 Å². The van der Waals surface area contributed by atoms with Gasteiger partial charge in [0.05, 0.1) is 5.69 Å². The first kappa shape index (κ1) is 12.3. The third-order valence-electron chi connectivity index (χ3n) is 3.57. The maximum absolute atomic E-state index is 13.7. The van der Waals surface area contributed by atoms with Crippen LogP contribution in [0.2, 0.25) is 0 Å². The van der Waals surface area contributed by atoms with E-state index in [1.165, 1.54) is 12.1 Å². The Morgan fingerprint density at radius 3 is 2.59 bits per heavy atom. The summed E-state index contributed by atoms with van der Waals surface area (Å²) in [5.41, 5.74) is 6.48. The molecule has 2 atom stereocenters. The third kappa shape index (κ3) is 2.57. The van der Waals surface area contributed by atoms with Crippen LogP contribution < -0.4 is 10.6 Å². The number of likely N-dealkylation sites (N-methyl/N-ethyl adjacent to an activating group) is 1. The van der Waals surface area contributed by atoms with Gasteiger partial charge in [-0.2, -0.15) is 0 Å². The van der Waals surface area contributed by atoms with E-state index in [2.05, 4.69) is 0 Å². The van der Waals surface area contributed by atoms with Gasteiger partial charge in [0.1, 0.15) is 11.6 Å². The van der Waals surface area contributed by atoms with Gasteiger partial charge in [0.25, 0.3) is 0 Å². The average molecular weight is 240 g/mol. The predicted octanol–water partition coefficient (Wildman–Crippen LogP) is 2.67. The molecule has 94 valence electrons. The van der Waals surface area contributed by atoms with E-state index in [0.717, 1.165) is 31.7 Å². The zero-order valence-corrected chi connectivity index (χ0v) is 10.00. The summed E-state index contributed by atoms with van der Waals surface area (Å²) in [5.74, 6) is -1.07. The molecule has 0 aliphatic heterocycles. The number of benzene rings is 1. The van der Waals surface area contributed by atoms with E-state index in [4.69, 9.17) is 5.73 Å². The largest absolute Gasteiger partial charge is 0.368 e. The predicted molar refractivity (Wildman–Crippen MR) is 65.0 cm³/mol. The highest BCUT2D eigenvalue weighted by Crippen LogP contribution is 2.27. The smallest absolute Gasteiger partial charge is 0.149 e. The molecule has 2 unspecified atom stereocenters. The van der Waals surface area contributed by atoms with E-state index in [-0.39, 0.29) is 12.1 Å². The molecule has 1 saturated carbocycles. The number of nitrogens with two attached hydrogens (primary N) is 1. The van der Waals surface area contributed by atoms with Crippen molar-refractivity contribution in [2.24, 2.45) is 5.73 Å². The lowest BCUT2D eigenvalue weighted by Gasteiger charge is -2.37. The van der Waals surface area contributed by atoms with Crippen LogP contribution in [0.4, 0.5) is 14.5 Å². The van der Waals surface area contributed by atoms with Crippen LogP contribution in [0.5, 0.6) is 0 Å². The molecule has 17 heavy (non-hydrogen) atoms. The summed E-state index contributed by atoms with van der Waals surface area (Å²) < 4.78 is 26.5. The minimum atomic E-state index is -0.549. The molecular formula is C13H18F2N2. The van der Waals surface area contributed by atoms with E-state index in [1.807, 2.05) is 11.9 Å². The lowest BCUT2D eigenvalue weighted by molar-refractivity contribution is 0.371. The Kier molecular flexibility index (Phi) is 3.62. The molecule has 0 spiro atoms. The molecule has 2 nitrogen and oxygen atoms in total. The van der Waals surface area contributed by atoms with Gasteiger partial charge in [0, 0.05) is 25.2 Å². The molecule has 0 heterocycles. The van der Waals surface area contributed by atoms with E-state index in [0.29, 0.717) is 5.69 Å². The van der Waals surface area contributed by atoms with Crippen LogP contribution in [0.3, 0.4) is 0 Å². The molecule has 1 aromatic carbocycles. The Balaban J connectivity index is 2.20. The number of anilines is 1. The standard InChI is InChI=1S/C13H18F2N2/c1-17(13-5-3-2-4-11(13)16)12-7-6-9(14)8-10(12)15/h6-8,11,13H,2-5,16H2,1H3. The summed E-state index contributed by atoms with van der Waals surface area (Å²) in [5, 5.41) is 0. The number of halogens is 2. The highest BCUT2D eigenvalue weighted by molar-refractivity contribution is 5.48. The van der Waals surface area contributed by atoms with Crippen LogP contribution in [0.25, 0.3) is 0 Å². The van der Waals surface area contributed by atoms with Gasteiger partial charge in [-0.3, -0.25) is 0 Å². The van der Waals surface area contributed by atoms with Crippen molar-refractivity contribution in [2.75, 3.05) is 11.9 Å². The molecule has 2 rings (SSSR count). The lowest BCUT2D eigenvalue weighted by atomic mass is 9.90. The van der Waals surface area contributed by atoms with Gasteiger partial charge in [0.2, 0.25) is 0 Å². The topological polar surface area (TPSA) is 29.3 Å². The monoisotopic (exact) mass is 240 g/mol. The SMILES string of the molecule is CN(c1ccc(F)cc1F)C1CCCCC1N. The Hall–Kier alpha value is -1.16. The second-order valence-electron chi connectivity index (χ2n) is 4.72. The van der Waals surface area contributed by atoms with Gasteiger partial charge in [-0.25, -0.2) is 8.78 Å². The molecule has 0 bridgehead atoms. The summed E-state index contributed by atoms with van der Waals surface area (Å²) in [7, 11) is 1.83. The van der Waals surface area contributed by atoms with Crippen molar-refractivity contribution in [1.82, 2.24) is 0 Å². The van der Waals surface area contributed by atoms with Crippen molar-refractivity contribution in [1.29, 1.82) is 0 Å².